The number of ether oxygens (including phenoxy) is 1. The molecule has 0 radical (unpaired) electrons. The van der Waals surface area contributed by atoms with Crippen LogP contribution in [0.25, 0.3) is 0 Å². The van der Waals surface area contributed by atoms with E-state index in [1.807, 2.05) is 20.8 Å². The van der Waals surface area contributed by atoms with E-state index in [2.05, 4.69) is 0 Å². The summed E-state index contributed by atoms with van der Waals surface area (Å²) in [6.45, 7) is 9.59. The fourth-order valence-corrected chi connectivity index (χ4v) is 8.72. The van der Waals surface area contributed by atoms with Crippen molar-refractivity contribution in [2.45, 2.75) is 83.6 Å². The lowest BCUT2D eigenvalue weighted by Crippen LogP contribution is -2.37. The molecule has 0 saturated carbocycles. The molecule has 270 valence electrons. The predicted molar refractivity (Wildman–Crippen MR) is 187 cm³/mol. The number of carbonyl (C=O) groups excluding carboxylic acids is 4. The number of nitrogens with zero attached hydrogens (tertiary/aromatic N) is 3. The average Bonchev–Trinajstić information content (AvgIpc) is 3.49. The summed E-state index contributed by atoms with van der Waals surface area (Å²) in [6, 6.07) is 13.2. The van der Waals surface area contributed by atoms with Crippen LogP contribution in [0.4, 0.5) is 0 Å². The minimum Gasteiger partial charge on any atom is -0.487 e. The van der Waals surface area contributed by atoms with Crippen LogP contribution in [0.1, 0.15) is 110 Å². The van der Waals surface area contributed by atoms with Crippen LogP contribution in [0.15, 0.2) is 53.4 Å². The normalized spacial score (nSPS) is 16.5. The van der Waals surface area contributed by atoms with Crippen LogP contribution in [-0.4, -0.2) is 78.4 Å². The Morgan fingerprint density at radius 2 is 1.31 bits per heavy atom. The third-order valence-corrected chi connectivity index (χ3v) is 11.7. The van der Waals surface area contributed by atoms with Gasteiger partial charge in [0.05, 0.1) is 40.4 Å². The van der Waals surface area contributed by atoms with Gasteiger partial charge >= 0.3 is 0 Å². The van der Waals surface area contributed by atoms with Crippen LogP contribution in [0, 0.1) is 20.8 Å². The van der Waals surface area contributed by atoms with E-state index < -0.39 is 21.8 Å². The average molecular weight is 718 g/mol. The van der Waals surface area contributed by atoms with E-state index in [4.69, 9.17) is 14.4 Å². The third-order valence-electron chi connectivity index (χ3n) is 9.79. The number of hydrogen-bond donors (Lipinski definition) is 0. The molecule has 3 aromatic carbocycles. The van der Waals surface area contributed by atoms with Crippen LogP contribution >= 0.6 is 0 Å². The molecule has 3 heterocycles. The summed E-state index contributed by atoms with van der Waals surface area (Å²) in [4.78, 5) is 63.8. The smallest absolute Gasteiger partial charge is 0.285 e. The van der Waals surface area contributed by atoms with Crippen molar-refractivity contribution >= 4 is 33.7 Å². The van der Waals surface area contributed by atoms with Crippen molar-refractivity contribution < 1.29 is 42.0 Å². The summed E-state index contributed by atoms with van der Waals surface area (Å²) in [6.07, 6.45) is 2.98. The summed E-state index contributed by atoms with van der Waals surface area (Å²) in [7, 11) is -4.18. The molecular weight excluding hydrogens is 674 g/mol. The third kappa shape index (κ3) is 6.83. The molecule has 12 nitrogen and oxygen atoms in total. The monoisotopic (exact) mass is 717 g/mol. The first-order chi connectivity index (χ1) is 24.2. The number of rotatable bonds is 14. The van der Waals surface area contributed by atoms with Gasteiger partial charge in [-0.1, -0.05) is 28.7 Å². The van der Waals surface area contributed by atoms with Crippen molar-refractivity contribution in [1.29, 1.82) is 0 Å². The lowest BCUT2D eigenvalue weighted by molar-refractivity contribution is -0.0950. The number of fused-ring (bicyclic) bond motifs is 3. The first-order valence-electron chi connectivity index (χ1n) is 17.3. The van der Waals surface area contributed by atoms with Crippen molar-refractivity contribution in [3.63, 3.8) is 0 Å². The summed E-state index contributed by atoms with van der Waals surface area (Å²) in [5.74, 6) is -1.06. The van der Waals surface area contributed by atoms with Gasteiger partial charge in [-0.05, 0) is 120 Å². The minimum absolute atomic E-state index is 0.0148. The Morgan fingerprint density at radius 3 is 1.90 bits per heavy atom. The lowest BCUT2D eigenvalue weighted by atomic mass is 9.88. The maximum Gasteiger partial charge on any atom is 0.285 e. The van der Waals surface area contributed by atoms with Crippen molar-refractivity contribution in [2.24, 2.45) is 0 Å². The zero-order valence-corrected chi connectivity index (χ0v) is 30.4. The highest BCUT2D eigenvalue weighted by molar-refractivity contribution is 7.89. The molecule has 0 unspecified atom stereocenters. The highest BCUT2D eigenvalue weighted by Crippen LogP contribution is 2.43. The minimum atomic E-state index is -4.18. The van der Waals surface area contributed by atoms with Gasteiger partial charge in [-0.15, -0.1) is 5.06 Å². The number of benzene rings is 3. The summed E-state index contributed by atoms with van der Waals surface area (Å²) < 4.78 is 36.2. The Balaban J connectivity index is 1.13. The highest BCUT2D eigenvalue weighted by atomic mass is 32.2. The van der Waals surface area contributed by atoms with E-state index in [0.717, 1.165) is 37.7 Å². The number of sulfonamides is 1. The number of amides is 4. The van der Waals surface area contributed by atoms with Gasteiger partial charge in [-0.2, -0.15) is 0 Å². The SMILES string of the molecule is Cc1c(C)c(S(=O)(=O)N(CCCCCON2C(=O)c3ccccc3C2=O)OCCCN2C(=O)c3ccccc3C2=O)c(C)c2c1OC(C)(C)CC2. The Kier molecular flexibility index (Phi) is 10.2. The van der Waals surface area contributed by atoms with Crippen LogP contribution in [0.2, 0.25) is 0 Å². The van der Waals surface area contributed by atoms with Gasteiger partial charge in [0.1, 0.15) is 11.4 Å². The van der Waals surface area contributed by atoms with Gasteiger partial charge in [0.2, 0.25) is 0 Å². The number of unbranched alkanes of at least 4 members (excludes halogenated alkanes) is 2. The van der Waals surface area contributed by atoms with Gasteiger partial charge in [-0.3, -0.25) is 33.8 Å². The second-order valence-electron chi connectivity index (χ2n) is 13.7. The maximum absolute atomic E-state index is 14.5. The zero-order valence-electron chi connectivity index (χ0n) is 29.6. The van der Waals surface area contributed by atoms with Crippen molar-refractivity contribution in [2.75, 3.05) is 26.3 Å². The number of imide groups is 2. The van der Waals surface area contributed by atoms with Gasteiger partial charge in [0.25, 0.3) is 33.7 Å². The van der Waals surface area contributed by atoms with Crippen LogP contribution in [0.3, 0.4) is 0 Å². The summed E-state index contributed by atoms with van der Waals surface area (Å²) in [5.41, 5.74) is 3.75. The van der Waals surface area contributed by atoms with Gasteiger partial charge in [-0.25, -0.2) is 8.42 Å². The molecule has 3 aliphatic heterocycles. The topological polar surface area (TPSA) is 140 Å². The molecule has 0 saturated heterocycles. The lowest BCUT2D eigenvalue weighted by Gasteiger charge is -2.36. The van der Waals surface area contributed by atoms with E-state index in [0.29, 0.717) is 59.1 Å². The number of hydroxylamine groups is 3. The molecule has 0 aromatic heterocycles. The van der Waals surface area contributed by atoms with Gasteiger partial charge in [0.15, 0.2) is 0 Å². The molecular formula is C38H43N3O9S. The molecule has 6 rings (SSSR count). The number of carbonyl (C=O) groups is 4. The fraction of sp³-hybridized carbons (Fsp3) is 0.421. The molecule has 3 aromatic rings. The molecule has 0 atom stereocenters. The largest absolute Gasteiger partial charge is 0.487 e. The Morgan fingerprint density at radius 1 is 0.745 bits per heavy atom. The predicted octanol–water partition coefficient (Wildman–Crippen LogP) is 5.72. The maximum atomic E-state index is 14.5. The summed E-state index contributed by atoms with van der Waals surface area (Å²) >= 11 is 0. The van der Waals surface area contributed by atoms with Gasteiger partial charge in [0, 0.05) is 13.1 Å². The summed E-state index contributed by atoms with van der Waals surface area (Å²) in [5, 5.41) is 0.772. The van der Waals surface area contributed by atoms with E-state index in [1.165, 1.54) is 0 Å². The van der Waals surface area contributed by atoms with Crippen molar-refractivity contribution in [3.05, 3.63) is 93.0 Å². The molecule has 0 fully saturated rings. The van der Waals surface area contributed by atoms with Crippen LogP contribution in [-0.2, 0) is 26.1 Å². The first-order valence-corrected chi connectivity index (χ1v) is 18.7. The molecule has 0 spiro atoms. The van der Waals surface area contributed by atoms with E-state index in [1.54, 1.807) is 62.4 Å². The molecule has 51 heavy (non-hydrogen) atoms. The van der Waals surface area contributed by atoms with E-state index in [-0.39, 0.29) is 55.0 Å². The highest BCUT2D eigenvalue weighted by Gasteiger charge is 2.38. The Hall–Kier alpha value is -4.43. The van der Waals surface area contributed by atoms with E-state index in [9.17, 15) is 27.6 Å². The fourth-order valence-electron chi connectivity index (χ4n) is 6.88. The molecule has 13 heteroatoms. The standard InChI is InChI=1S/C38H43N3O9S/c1-24-25(2)33(26(3)27-18-19-38(4,5)50-32(24)27)51(46,47)40(48-23-13-20-39-34(42)28-14-7-8-15-29(28)35(39)43)21-11-6-12-22-49-41-36(44)30-16-9-10-17-31(30)37(41)45/h7-10,14-17H,6,11-13,18-23H2,1-5H3. The second kappa shape index (κ2) is 14.3. The number of hydrogen-bond acceptors (Lipinski definition) is 9. The molecule has 3 aliphatic rings. The van der Waals surface area contributed by atoms with Crippen LogP contribution < -0.4 is 4.74 Å². The van der Waals surface area contributed by atoms with Crippen molar-refractivity contribution in [1.82, 2.24) is 14.4 Å². The second-order valence-corrected chi connectivity index (χ2v) is 15.5. The molecule has 0 N–H and O–H groups in total. The molecule has 0 bridgehead atoms. The van der Waals surface area contributed by atoms with E-state index >= 15 is 0 Å². The molecule has 4 amide bonds. The van der Waals surface area contributed by atoms with Crippen LogP contribution in [0.5, 0.6) is 5.75 Å². The van der Waals surface area contributed by atoms with Crippen molar-refractivity contribution in [3.8, 4) is 5.75 Å². The quantitative estimate of drug-likeness (QED) is 0.116. The Labute approximate surface area is 298 Å². The molecule has 0 aliphatic carbocycles. The van der Waals surface area contributed by atoms with Gasteiger partial charge < -0.3 is 4.74 Å². The Bertz CT molecular complexity index is 1950. The first kappa shape index (κ1) is 36.4. The zero-order chi connectivity index (χ0) is 36.7.